The lowest BCUT2D eigenvalue weighted by atomic mass is 10.1. The normalized spacial score (nSPS) is 10.4. The molecule has 0 aliphatic carbocycles. The number of halogens is 2. The predicted molar refractivity (Wildman–Crippen MR) is 74.2 cm³/mol. The minimum Gasteiger partial charge on any atom is -0.293 e. The molecule has 0 atom stereocenters. The molecule has 0 saturated heterocycles. The zero-order valence-corrected chi connectivity index (χ0v) is 12.2. The second kappa shape index (κ2) is 5.25. The van der Waals surface area contributed by atoms with Gasteiger partial charge < -0.3 is 0 Å². The Kier molecular flexibility index (Phi) is 3.95. The highest BCUT2D eigenvalue weighted by molar-refractivity contribution is 9.10. The Balaban J connectivity index is 2.21. The highest BCUT2D eigenvalue weighted by atomic mass is 79.9. The van der Waals surface area contributed by atoms with Gasteiger partial charge in [-0.25, -0.2) is 0 Å². The molecule has 0 radical (unpaired) electrons. The van der Waals surface area contributed by atoms with E-state index >= 15 is 0 Å². The van der Waals surface area contributed by atoms with E-state index in [0.29, 0.717) is 6.42 Å². The number of hydrogen-bond donors (Lipinski definition) is 0. The average molecular weight is 360 g/mol. The highest BCUT2D eigenvalue weighted by Gasteiger charge is 2.13. The highest BCUT2D eigenvalue weighted by Crippen LogP contribution is 2.25. The zero-order chi connectivity index (χ0) is 11.5. The number of benzene rings is 1. The molecule has 4 heteroatoms. The van der Waals surface area contributed by atoms with Crippen LogP contribution in [0.15, 0.2) is 44.7 Å². The Hall–Kier alpha value is -0.450. The summed E-state index contributed by atoms with van der Waals surface area (Å²) >= 11 is 8.29. The molecule has 1 nitrogen and oxygen atoms in total. The summed E-state index contributed by atoms with van der Waals surface area (Å²) in [6, 6.07) is 9.70. The minimum absolute atomic E-state index is 0.147. The molecular formula is C12H8Br2OS. The summed E-state index contributed by atoms with van der Waals surface area (Å²) in [7, 11) is 0. The van der Waals surface area contributed by atoms with Gasteiger partial charge in [0.05, 0.1) is 4.88 Å². The molecule has 0 amide bonds. The molecule has 1 heterocycles. The fourth-order valence-corrected chi connectivity index (χ4v) is 3.35. The van der Waals surface area contributed by atoms with Crippen molar-refractivity contribution < 1.29 is 4.79 Å². The molecule has 2 rings (SSSR count). The Morgan fingerprint density at radius 1 is 1.12 bits per heavy atom. The van der Waals surface area contributed by atoms with Gasteiger partial charge in [0, 0.05) is 15.4 Å². The van der Waals surface area contributed by atoms with Crippen LogP contribution in [0.2, 0.25) is 0 Å². The van der Waals surface area contributed by atoms with Crippen LogP contribution in [0.25, 0.3) is 0 Å². The topological polar surface area (TPSA) is 17.1 Å². The third-order valence-electron chi connectivity index (χ3n) is 2.18. The Labute approximate surface area is 115 Å². The maximum Gasteiger partial charge on any atom is 0.178 e. The molecule has 0 aliphatic rings. The summed E-state index contributed by atoms with van der Waals surface area (Å²) in [5, 5.41) is 1.91. The van der Waals surface area contributed by atoms with Gasteiger partial charge in [-0.1, -0.05) is 34.1 Å². The van der Waals surface area contributed by atoms with Gasteiger partial charge in [0.25, 0.3) is 0 Å². The minimum atomic E-state index is 0.147. The smallest absolute Gasteiger partial charge is 0.178 e. The van der Waals surface area contributed by atoms with E-state index < -0.39 is 0 Å². The van der Waals surface area contributed by atoms with Crippen LogP contribution in [0, 0.1) is 0 Å². The molecule has 0 fully saturated rings. The predicted octanol–water partition coefficient (Wildman–Crippen LogP) is 4.70. The number of ketones is 1. The van der Waals surface area contributed by atoms with Crippen molar-refractivity contribution in [3.05, 3.63) is 55.1 Å². The van der Waals surface area contributed by atoms with Crippen molar-refractivity contribution in [2.75, 3.05) is 0 Å². The quantitative estimate of drug-likeness (QED) is 0.726. The number of rotatable bonds is 3. The maximum atomic E-state index is 12.0. The zero-order valence-electron chi connectivity index (χ0n) is 8.24. The van der Waals surface area contributed by atoms with E-state index in [1.165, 1.54) is 11.3 Å². The van der Waals surface area contributed by atoms with Gasteiger partial charge in [0.2, 0.25) is 0 Å². The SMILES string of the molecule is O=C(Cc1ccccc1Br)c1sccc1Br. The van der Waals surface area contributed by atoms with Gasteiger partial charge in [-0.2, -0.15) is 0 Å². The van der Waals surface area contributed by atoms with Crippen LogP contribution >= 0.6 is 43.2 Å². The van der Waals surface area contributed by atoms with Crippen molar-refractivity contribution in [1.29, 1.82) is 0 Å². The van der Waals surface area contributed by atoms with Gasteiger partial charge in [0.1, 0.15) is 0 Å². The Morgan fingerprint density at radius 3 is 2.50 bits per heavy atom. The fraction of sp³-hybridized carbons (Fsp3) is 0.0833. The van der Waals surface area contributed by atoms with Crippen LogP contribution < -0.4 is 0 Å². The first-order valence-electron chi connectivity index (χ1n) is 4.68. The summed E-state index contributed by atoms with van der Waals surface area (Å²) in [6.07, 6.45) is 0.431. The fourth-order valence-electron chi connectivity index (χ4n) is 1.39. The van der Waals surface area contributed by atoms with E-state index in [0.717, 1.165) is 19.4 Å². The third-order valence-corrected chi connectivity index (χ3v) is 4.83. The van der Waals surface area contributed by atoms with Gasteiger partial charge in [-0.15, -0.1) is 11.3 Å². The lowest BCUT2D eigenvalue weighted by Crippen LogP contribution is -2.02. The lowest BCUT2D eigenvalue weighted by Gasteiger charge is -2.02. The summed E-state index contributed by atoms with van der Waals surface area (Å²) in [5.74, 6) is 0.147. The molecule has 0 unspecified atom stereocenters. The molecule has 0 N–H and O–H groups in total. The largest absolute Gasteiger partial charge is 0.293 e. The van der Waals surface area contributed by atoms with Gasteiger partial charge in [0.15, 0.2) is 5.78 Å². The number of thiophene rings is 1. The summed E-state index contributed by atoms with van der Waals surface area (Å²) in [4.78, 5) is 12.8. The van der Waals surface area contributed by atoms with Crippen molar-refractivity contribution in [3.63, 3.8) is 0 Å². The van der Waals surface area contributed by atoms with Crippen LogP contribution in [0.4, 0.5) is 0 Å². The third kappa shape index (κ3) is 2.62. The summed E-state index contributed by atoms with van der Waals surface area (Å²) in [6.45, 7) is 0. The number of carbonyl (C=O) groups excluding carboxylic acids is 1. The van der Waals surface area contributed by atoms with Crippen LogP contribution in [0.3, 0.4) is 0 Å². The number of carbonyl (C=O) groups is 1. The van der Waals surface area contributed by atoms with Crippen LogP contribution in [0.1, 0.15) is 15.2 Å². The standard InChI is InChI=1S/C12H8Br2OS/c13-9-4-2-1-3-8(9)7-11(15)12-10(14)5-6-16-12/h1-6H,7H2. The molecule has 82 valence electrons. The van der Waals surface area contributed by atoms with E-state index in [1.807, 2.05) is 35.7 Å². The molecule has 2 aromatic rings. The number of hydrogen-bond acceptors (Lipinski definition) is 2. The van der Waals surface area contributed by atoms with E-state index in [4.69, 9.17) is 0 Å². The number of Topliss-reactive ketones (excluding diaryl/α,β-unsaturated/α-hetero) is 1. The van der Waals surface area contributed by atoms with Crippen molar-refractivity contribution in [3.8, 4) is 0 Å². The Bertz CT molecular complexity index is 519. The maximum absolute atomic E-state index is 12.0. The monoisotopic (exact) mass is 358 g/mol. The van der Waals surface area contributed by atoms with Crippen LogP contribution in [-0.2, 0) is 6.42 Å². The van der Waals surface area contributed by atoms with Gasteiger partial charge in [-0.05, 0) is 39.0 Å². The van der Waals surface area contributed by atoms with E-state index in [2.05, 4.69) is 31.9 Å². The Morgan fingerprint density at radius 2 is 1.88 bits per heavy atom. The van der Waals surface area contributed by atoms with E-state index in [-0.39, 0.29) is 5.78 Å². The summed E-state index contributed by atoms with van der Waals surface area (Å²) in [5.41, 5.74) is 1.02. The van der Waals surface area contributed by atoms with E-state index in [9.17, 15) is 4.79 Å². The van der Waals surface area contributed by atoms with Gasteiger partial charge in [-0.3, -0.25) is 4.79 Å². The van der Waals surface area contributed by atoms with Crippen LogP contribution in [0.5, 0.6) is 0 Å². The van der Waals surface area contributed by atoms with Crippen molar-refractivity contribution in [2.24, 2.45) is 0 Å². The van der Waals surface area contributed by atoms with Gasteiger partial charge >= 0.3 is 0 Å². The first-order valence-corrected chi connectivity index (χ1v) is 7.14. The molecule has 0 aliphatic heterocycles. The molecule has 16 heavy (non-hydrogen) atoms. The molecule has 1 aromatic heterocycles. The molecule has 0 spiro atoms. The second-order valence-electron chi connectivity index (χ2n) is 3.29. The molecule has 1 aromatic carbocycles. The van der Waals surface area contributed by atoms with Crippen molar-refractivity contribution >= 4 is 49.0 Å². The molecule has 0 bridgehead atoms. The first kappa shape index (κ1) is 12.0. The summed E-state index contributed by atoms with van der Waals surface area (Å²) < 4.78 is 1.87. The first-order chi connectivity index (χ1) is 7.68. The average Bonchev–Trinajstić information content (AvgIpc) is 2.68. The second-order valence-corrected chi connectivity index (χ2v) is 5.91. The van der Waals surface area contributed by atoms with Crippen molar-refractivity contribution in [1.82, 2.24) is 0 Å². The van der Waals surface area contributed by atoms with Crippen molar-refractivity contribution in [2.45, 2.75) is 6.42 Å². The molecule has 0 saturated carbocycles. The molecular weight excluding hydrogens is 352 g/mol. The lowest BCUT2D eigenvalue weighted by molar-refractivity contribution is 0.0996. The van der Waals surface area contributed by atoms with E-state index in [1.54, 1.807) is 0 Å². The van der Waals surface area contributed by atoms with Crippen LogP contribution in [-0.4, -0.2) is 5.78 Å².